The molecule has 0 saturated carbocycles. The molecule has 29 heavy (non-hydrogen) atoms. The van der Waals surface area contributed by atoms with Gasteiger partial charge in [-0.2, -0.15) is 4.31 Å². The second-order valence-electron chi connectivity index (χ2n) is 7.45. The van der Waals surface area contributed by atoms with Crippen LogP contribution in [0.3, 0.4) is 0 Å². The first-order chi connectivity index (χ1) is 13.8. The second-order valence-corrected chi connectivity index (χ2v) is 9.35. The average molecular weight is 430 g/mol. The van der Waals surface area contributed by atoms with Gasteiger partial charge in [-0.1, -0.05) is 54.0 Å². The van der Waals surface area contributed by atoms with Crippen molar-refractivity contribution in [3.63, 3.8) is 0 Å². The third kappa shape index (κ3) is 9.06. The zero-order valence-electron chi connectivity index (χ0n) is 19.8. The summed E-state index contributed by atoms with van der Waals surface area (Å²) in [5.74, 6) is 1.23. The molecule has 5 nitrogen and oxygen atoms in total. The Balaban J connectivity index is 0.00000143. The Labute approximate surface area is 179 Å². The second kappa shape index (κ2) is 14.8. The number of sulfonamides is 1. The molecular formula is C23H43NO4S. The summed E-state index contributed by atoms with van der Waals surface area (Å²) < 4.78 is 38.5. The van der Waals surface area contributed by atoms with Gasteiger partial charge in [0.05, 0.1) is 18.1 Å². The summed E-state index contributed by atoms with van der Waals surface area (Å²) in [5, 5.41) is 0. The molecule has 0 aliphatic carbocycles. The summed E-state index contributed by atoms with van der Waals surface area (Å²) in [6.07, 6.45) is 3.96. The van der Waals surface area contributed by atoms with Crippen molar-refractivity contribution >= 4 is 10.0 Å². The fourth-order valence-electron chi connectivity index (χ4n) is 2.94. The molecule has 1 saturated heterocycles. The average Bonchev–Trinajstić information content (AvgIpc) is 2.70. The van der Waals surface area contributed by atoms with Crippen LogP contribution in [-0.4, -0.2) is 45.6 Å². The van der Waals surface area contributed by atoms with Crippen molar-refractivity contribution in [2.45, 2.75) is 85.1 Å². The lowest BCUT2D eigenvalue weighted by atomic mass is 10.1. The molecule has 1 aliphatic heterocycles. The Hall–Kier alpha value is -1.11. The number of ether oxygens (including phenoxy) is 2. The topological polar surface area (TPSA) is 55.8 Å². The van der Waals surface area contributed by atoms with Crippen molar-refractivity contribution in [1.82, 2.24) is 4.31 Å². The van der Waals surface area contributed by atoms with Crippen LogP contribution in [0.1, 0.15) is 72.8 Å². The summed E-state index contributed by atoms with van der Waals surface area (Å²) in [6.45, 7) is 16.2. The Morgan fingerprint density at radius 1 is 1.14 bits per heavy atom. The maximum atomic E-state index is 12.9. The first-order valence-electron chi connectivity index (χ1n) is 11.0. The molecule has 1 fully saturated rings. The number of nitrogens with zero attached hydrogens (tertiary/aromatic N) is 1. The molecule has 1 aromatic carbocycles. The van der Waals surface area contributed by atoms with Gasteiger partial charge in [0.25, 0.3) is 0 Å². The van der Waals surface area contributed by atoms with Gasteiger partial charge in [-0.15, -0.1) is 0 Å². The van der Waals surface area contributed by atoms with Crippen LogP contribution in [0.15, 0.2) is 23.1 Å². The van der Waals surface area contributed by atoms with Crippen molar-refractivity contribution in [1.29, 1.82) is 0 Å². The Bertz CT molecular complexity index is 651. The first kappa shape index (κ1) is 27.9. The van der Waals surface area contributed by atoms with Crippen LogP contribution in [0.5, 0.6) is 5.75 Å². The number of rotatable bonds is 7. The van der Waals surface area contributed by atoms with Crippen molar-refractivity contribution in [2.24, 2.45) is 5.92 Å². The van der Waals surface area contributed by atoms with E-state index in [0.29, 0.717) is 35.2 Å². The molecule has 1 heterocycles. The smallest absolute Gasteiger partial charge is 0.243 e. The van der Waals surface area contributed by atoms with E-state index in [1.807, 2.05) is 13.8 Å². The van der Waals surface area contributed by atoms with Crippen LogP contribution in [0, 0.1) is 12.8 Å². The SMILES string of the molecule is CC.CCC.COc1cccc(S(=O)(=O)N2CCC(OCCC(C)C)CC2)c1C. The highest BCUT2D eigenvalue weighted by Gasteiger charge is 2.31. The highest BCUT2D eigenvalue weighted by atomic mass is 32.2. The van der Waals surface area contributed by atoms with Gasteiger partial charge in [-0.3, -0.25) is 0 Å². The Kier molecular flexibility index (Phi) is 14.2. The van der Waals surface area contributed by atoms with Gasteiger partial charge in [0.15, 0.2) is 0 Å². The highest BCUT2D eigenvalue weighted by molar-refractivity contribution is 7.89. The van der Waals surface area contributed by atoms with Gasteiger partial charge in [-0.05, 0) is 44.2 Å². The molecule has 170 valence electrons. The largest absolute Gasteiger partial charge is 0.496 e. The zero-order valence-corrected chi connectivity index (χ0v) is 20.6. The van der Waals surface area contributed by atoms with Gasteiger partial charge < -0.3 is 9.47 Å². The van der Waals surface area contributed by atoms with Gasteiger partial charge in [0.2, 0.25) is 10.0 Å². The van der Waals surface area contributed by atoms with E-state index in [1.165, 1.54) is 6.42 Å². The minimum absolute atomic E-state index is 0.168. The number of hydrogen-bond donors (Lipinski definition) is 0. The molecule has 2 rings (SSSR count). The minimum atomic E-state index is -3.48. The third-order valence-electron chi connectivity index (χ3n) is 4.52. The van der Waals surface area contributed by atoms with Crippen molar-refractivity contribution < 1.29 is 17.9 Å². The lowest BCUT2D eigenvalue weighted by molar-refractivity contribution is 0.0162. The molecule has 0 unspecified atom stereocenters. The molecule has 0 radical (unpaired) electrons. The van der Waals surface area contributed by atoms with Gasteiger partial charge >= 0.3 is 0 Å². The first-order valence-corrected chi connectivity index (χ1v) is 12.5. The van der Waals surface area contributed by atoms with Gasteiger partial charge in [-0.25, -0.2) is 8.42 Å². The van der Waals surface area contributed by atoms with Crippen LogP contribution in [0.4, 0.5) is 0 Å². The normalized spacial score (nSPS) is 15.2. The molecule has 0 atom stereocenters. The number of hydrogen-bond acceptors (Lipinski definition) is 4. The standard InChI is InChI=1S/C18H29NO4S.C3H8.C2H6/c1-14(2)10-13-23-16-8-11-19(12-9-16)24(20,21)18-7-5-6-17(22-4)15(18)3;1-3-2;1-2/h5-7,14,16H,8-13H2,1-4H3;3H2,1-2H3;1-2H3. The third-order valence-corrected chi connectivity index (χ3v) is 6.56. The molecular weight excluding hydrogens is 386 g/mol. The molecule has 0 aromatic heterocycles. The molecule has 1 aliphatic rings. The zero-order chi connectivity index (χ0) is 22.4. The molecule has 0 N–H and O–H groups in total. The molecule has 0 bridgehead atoms. The minimum Gasteiger partial charge on any atom is -0.496 e. The van der Waals surface area contributed by atoms with E-state index in [9.17, 15) is 8.42 Å². The van der Waals surface area contributed by atoms with Crippen LogP contribution < -0.4 is 4.74 Å². The van der Waals surface area contributed by atoms with Crippen LogP contribution in [0.2, 0.25) is 0 Å². The van der Waals surface area contributed by atoms with Gasteiger partial charge in [0, 0.05) is 25.3 Å². The quantitative estimate of drug-likeness (QED) is 0.561. The summed E-state index contributed by atoms with van der Waals surface area (Å²) in [6, 6.07) is 5.15. The van der Waals surface area contributed by atoms with E-state index in [1.54, 1.807) is 36.5 Å². The van der Waals surface area contributed by atoms with E-state index in [4.69, 9.17) is 9.47 Å². The lowest BCUT2D eigenvalue weighted by Crippen LogP contribution is -2.41. The Morgan fingerprint density at radius 3 is 2.17 bits per heavy atom. The lowest BCUT2D eigenvalue weighted by Gasteiger charge is -2.31. The van der Waals surface area contributed by atoms with E-state index in [2.05, 4.69) is 27.7 Å². The summed E-state index contributed by atoms with van der Waals surface area (Å²) in [5.41, 5.74) is 0.662. The molecule has 0 amide bonds. The summed E-state index contributed by atoms with van der Waals surface area (Å²) >= 11 is 0. The monoisotopic (exact) mass is 429 g/mol. The van der Waals surface area contributed by atoms with Crippen LogP contribution in [-0.2, 0) is 14.8 Å². The predicted octanol–water partition coefficient (Wildman–Crippen LogP) is 5.66. The number of benzene rings is 1. The van der Waals surface area contributed by atoms with E-state index in [0.717, 1.165) is 25.9 Å². The molecule has 1 aromatic rings. The summed E-state index contributed by atoms with van der Waals surface area (Å²) in [7, 11) is -1.93. The van der Waals surface area contributed by atoms with E-state index >= 15 is 0 Å². The maximum Gasteiger partial charge on any atom is 0.243 e. The molecule has 0 spiro atoms. The maximum absolute atomic E-state index is 12.9. The van der Waals surface area contributed by atoms with Crippen molar-refractivity contribution in [3.05, 3.63) is 23.8 Å². The van der Waals surface area contributed by atoms with Crippen LogP contribution >= 0.6 is 0 Å². The summed E-state index contributed by atoms with van der Waals surface area (Å²) in [4.78, 5) is 0.334. The number of methoxy groups -OCH3 is 1. The highest BCUT2D eigenvalue weighted by Crippen LogP contribution is 2.29. The fraction of sp³-hybridized carbons (Fsp3) is 0.739. The molecule has 6 heteroatoms. The number of piperidine rings is 1. The van der Waals surface area contributed by atoms with Crippen molar-refractivity contribution in [2.75, 3.05) is 26.8 Å². The Morgan fingerprint density at radius 2 is 1.69 bits per heavy atom. The van der Waals surface area contributed by atoms with E-state index < -0.39 is 10.0 Å². The van der Waals surface area contributed by atoms with Crippen molar-refractivity contribution in [3.8, 4) is 5.75 Å². The fourth-order valence-corrected chi connectivity index (χ4v) is 4.65. The predicted molar refractivity (Wildman–Crippen MR) is 122 cm³/mol. The van der Waals surface area contributed by atoms with Crippen LogP contribution in [0.25, 0.3) is 0 Å². The van der Waals surface area contributed by atoms with E-state index in [-0.39, 0.29) is 6.10 Å². The van der Waals surface area contributed by atoms with Gasteiger partial charge in [0.1, 0.15) is 5.75 Å².